The van der Waals surface area contributed by atoms with Crippen molar-refractivity contribution in [1.29, 1.82) is 0 Å². The van der Waals surface area contributed by atoms with Crippen molar-refractivity contribution in [1.82, 2.24) is 0 Å². The fourth-order valence-electron chi connectivity index (χ4n) is 11.6. The summed E-state index contributed by atoms with van der Waals surface area (Å²) >= 11 is 0. The Morgan fingerprint density at radius 2 is 0.506 bits per heavy atom. The molecule has 6 nitrogen and oxygen atoms in total. The Bertz CT molecular complexity index is 2160. The molecule has 9 heteroatoms. The van der Waals surface area contributed by atoms with Gasteiger partial charge in [0, 0.05) is 10.8 Å². The molecule has 0 heterocycles. The molecule has 0 aromatic heterocycles. The fraction of sp³-hybridized carbons (Fsp3) is 0.706. The second-order valence-electron chi connectivity index (χ2n) is 22.8. The SMILES string of the molecule is CCCCCCCCCCCCc1ccc2cccc(S(=O)(=O)[O-])c2c1CCCCCCCCCCCC.CCCCCCCCCCCCc1ccc2cccc(S(=O)(=O)[O-])c2c1CCCCCCCCCCCC.[Ba+2]. The van der Waals surface area contributed by atoms with Gasteiger partial charge < -0.3 is 9.11 Å². The Morgan fingerprint density at radius 3 is 0.740 bits per heavy atom. The molecule has 0 spiro atoms. The zero-order valence-electron chi connectivity index (χ0n) is 49.9. The predicted molar refractivity (Wildman–Crippen MR) is 332 cm³/mol. The van der Waals surface area contributed by atoms with Crippen LogP contribution in [0.15, 0.2) is 70.5 Å². The van der Waals surface area contributed by atoms with Gasteiger partial charge in [0.15, 0.2) is 0 Å². The molecule has 0 atom stereocenters. The molecule has 4 aromatic carbocycles. The quantitative estimate of drug-likeness (QED) is 0.0247. The molecule has 0 amide bonds. The molecule has 4 rings (SSSR count). The molecule has 0 bridgehead atoms. The first-order valence-electron chi connectivity index (χ1n) is 32.0. The monoisotopic (exact) mass is 1220 g/mol. The smallest absolute Gasteiger partial charge is 0.744 e. The minimum atomic E-state index is -4.52. The van der Waals surface area contributed by atoms with Gasteiger partial charge in [0.05, 0.1) is 9.79 Å². The van der Waals surface area contributed by atoms with Crippen LogP contribution in [0.5, 0.6) is 0 Å². The van der Waals surface area contributed by atoms with Gasteiger partial charge in [0.1, 0.15) is 20.2 Å². The summed E-state index contributed by atoms with van der Waals surface area (Å²) in [6, 6.07) is 18.7. The van der Waals surface area contributed by atoms with Crippen LogP contribution in [0.1, 0.15) is 307 Å². The average molecular weight is 1230 g/mol. The van der Waals surface area contributed by atoms with Crippen molar-refractivity contribution < 1.29 is 25.9 Å². The largest absolute Gasteiger partial charge is 2.00 e. The molecule has 0 aliphatic heterocycles. The van der Waals surface area contributed by atoms with E-state index in [2.05, 4.69) is 39.8 Å². The van der Waals surface area contributed by atoms with Crippen LogP contribution in [-0.2, 0) is 45.9 Å². The van der Waals surface area contributed by atoms with E-state index in [-0.39, 0.29) is 58.7 Å². The third-order valence-corrected chi connectivity index (χ3v) is 17.9. The minimum Gasteiger partial charge on any atom is -0.744 e. The maximum absolute atomic E-state index is 12.1. The van der Waals surface area contributed by atoms with Crippen molar-refractivity contribution in [2.75, 3.05) is 0 Å². The normalized spacial score (nSPS) is 11.8. The van der Waals surface area contributed by atoms with Crippen LogP contribution in [-0.4, -0.2) is 74.8 Å². The zero-order valence-corrected chi connectivity index (χ0v) is 55.9. The number of hydrogen-bond acceptors (Lipinski definition) is 6. The summed E-state index contributed by atoms with van der Waals surface area (Å²) in [6.07, 6.45) is 55.3. The summed E-state index contributed by atoms with van der Waals surface area (Å²) in [6.45, 7) is 9.04. The van der Waals surface area contributed by atoms with Crippen LogP contribution in [0, 0.1) is 0 Å². The van der Waals surface area contributed by atoms with E-state index >= 15 is 0 Å². The van der Waals surface area contributed by atoms with Gasteiger partial charge in [-0.05, 0) is 96.5 Å². The third-order valence-electron chi connectivity index (χ3n) is 16.1. The van der Waals surface area contributed by atoms with Gasteiger partial charge in [0.25, 0.3) is 0 Å². The van der Waals surface area contributed by atoms with Crippen molar-refractivity contribution in [3.63, 3.8) is 0 Å². The second kappa shape index (κ2) is 45.3. The average Bonchev–Trinajstić information content (AvgIpc) is 3.41. The summed E-state index contributed by atoms with van der Waals surface area (Å²) in [5, 5.41) is 3.11. The van der Waals surface area contributed by atoms with Crippen LogP contribution < -0.4 is 0 Å². The van der Waals surface area contributed by atoms with E-state index in [0.29, 0.717) is 10.8 Å². The molecule has 77 heavy (non-hydrogen) atoms. The molecule has 0 unspecified atom stereocenters. The van der Waals surface area contributed by atoms with Gasteiger partial charge in [-0.15, -0.1) is 0 Å². The number of unbranched alkanes of at least 4 members (excludes halogenated alkanes) is 36. The summed E-state index contributed by atoms with van der Waals surface area (Å²) in [5.41, 5.74) is 4.69. The van der Waals surface area contributed by atoms with Gasteiger partial charge >= 0.3 is 48.9 Å². The zero-order chi connectivity index (χ0) is 55.0. The first kappa shape index (κ1) is 71.9. The van der Waals surface area contributed by atoms with Crippen molar-refractivity contribution in [3.05, 3.63) is 82.9 Å². The molecule has 0 aliphatic rings. The Labute approximate surface area is 514 Å². The van der Waals surface area contributed by atoms with Crippen molar-refractivity contribution in [3.8, 4) is 0 Å². The predicted octanol–water partition coefficient (Wildman–Crippen LogP) is 21.0. The number of aryl methyl sites for hydroxylation is 4. The van der Waals surface area contributed by atoms with Crippen LogP contribution in [0.25, 0.3) is 21.5 Å². The van der Waals surface area contributed by atoms with E-state index < -0.39 is 20.2 Å². The summed E-state index contributed by atoms with van der Waals surface area (Å²) in [4.78, 5) is -0.0796. The first-order chi connectivity index (χ1) is 37.0. The van der Waals surface area contributed by atoms with E-state index in [1.54, 1.807) is 12.1 Å². The Hall–Kier alpha value is -1.21. The van der Waals surface area contributed by atoms with Crippen LogP contribution in [0.2, 0.25) is 0 Å². The molecular weight excluding hydrogens is 1110 g/mol. The van der Waals surface area contributed by atoms with E-state index in [1.807, 2.05) is 24.3 Å². The fourth-order valence-corrected chi connectivity index (χ4v) is 13.0. The molecule has 432 valence electrons. The molecule has 0 fully saturated rings. The molecule has 0 saturated heterocycles. The van der Waals surface area contributed by atoms with Crippen LogP contribution in [0.3, 0.4) is 0 Å². The van der Waals surface area contributed by atoms with E-state index in [0.717, 1.165) is 86.1 Å². The summed E-state index contributed by atoms with van der Waals surface area (Å²) < 4.78 is 72.8. The van der Waals surface area contributed by atoms with Gasteiger partial charge in [-0.25, -0.2) is 16.8 Å². The van der Waals surface area contributed by atoms with Gasteiger partial charge in [0.2, 0.25) is 0 Å². The Kier molecular flexibility index (Phi) is 42.3. The van der Waals surface area contributed by atoms with Gasteiger partial charge in [-0.1, -0.05) is 307 Å². The number of fused-ring (bicyclic) bond motifs is 2. The second-order valence-corrected chi connectivity index (χ2v) is 25.4. The maximum atomic E-state index is 12.1. The third kappa shape index (κ3) is 31.2. The van der Waals surface area contributed by atoms with Crippen molar-refractivity contribution in [2.45, 2.75) is 320 Å². The van der Waals surface area contributed by atoms with Crippen LogP contribution in [0.4, 0.5) is 0 Å². The minimum absolute atomic E-state index is 0. The molecule has 0 N–H and O–H groups in total. The number of benzene rings is 4. The molecule has 0 radical (unpaired) electrons. The Balaban J connectivity index is 0.000000520. The summed E-state index contributed by atoms with van der Waals surface area (Å²) in [7, 11) is -9.03. The maximum Gasteiger partial charge on any atom is 2.00 e. The van der Waals surface area contributed by atoms with Gasteiger partial charge in [-0.3, -0.25) is 0 Å². The van der Waals surface area contributed by atoms with Crippen molar-refractivity contribution in [2.24, 2.45) is 0 Å². The summed E-state index contributed by atoms with van der Waals surface area (Å²) in [5.74, 6) is 0. The Morgan fingerprint density at radius 1 is 0.286 bits per heavy atom. The molecule has 4 aromatic rings. The topological polar surface area (TPSA) is 114 Å². The number of rotatable bonds is 46. The van der Waals surface area contributed by atoms with E-state index in [1.165, 1.54) is 242 Å². The number of hydrogen-bond donors (Lipinski definition) is 0. The first-order valence-corrected chi connectivity index (χ1v) is 34.8. The van der Waals surface area contributed by atoms with Gasteiger partial charge in [-0.2, -0.15) is 0 Å². The van der Waals surface area contributed by atoms with Crippen LogP contribution >= 0.6 is 0 Å². The van der Waals surface area contributed by atoms with E-state index in [4.69, 9.17) is 0 Å². The molecule has 0 saturated carbocycles. The van der Waals surface area contributed by atoms with E-state index in [9.17, 15) is 25.9 Å². The standard InChI is InChI=1S/2C34H56O3S.Ba/c2*1-3-5-7-9-11-13-15-17-19-21-24-30-28-29-31-25-23-27-33(38(35,36)37)34(31)32(30)26-22-20-18-16-14-12-10-8-6-4-2;/h2*23,25,27-29H,3-22,24,26H2,1-2H3,(H,35,36,37);/q;;+2/p-2. The van der Waals surface area contributed by atoms with Crippen molar-refractivity contribution >= 4 is 90.7 Å². The molecular formula is C68H110BaO6S2. The molecule has 0 aliphatic carbocycles.